The molecule has 0 aromatic carbocycles. The molecule has 138 valence electrons. The Morgan fingerprint density at radius 3 is 2.96 bits per heavy atom. The van der Waals surface area contributed by atoms with Crippen molar-refractivity contribution in [3.8, 4) is 11.4 Å². The molecule has 0 bridgehead atoms. The first-order valence-corrected chi connectivity index (χ1v) is 9.58. The van der Waals surface area contributed by atoms with Crippen molar-refractivity contribution in [2.75, 3.05) is 18.4 Å². The highest BCUT2D eigenvalue weighted by Crippen LogP contribution is 2.25. The van der Waals surface area contributed by atoms with Crippen LogP contribution in [0.3, 0.4) is 0 Å². The number of nitrogens with zero attached hydrogens (tertiary/aromatic N) is 3. The molecular weight excluding hydrogens is 364 g/mol. The molecule has 1 aliphatic rings. The zero-order valence-electron chi connectivity index (χ0n) is 14.5. The lowest BCUT2D eigenvalue weighted by atomic mass is 9.97. The van der Waals surface area contributed by atoms with Crippen LogP contribution in [0, 0.1) is 5.92 Å². The van der Waals surface area contributed by atoms with Crippen molar-refractivity contribution in [3.05, 3.63) is 53.9 Å². The van der Waals surface area contributed by atoms with E-state index >= 15 is 0 Å². The summed E-state index contributed by atoms with van der Waals surface area (Å²) < 4.78 is 4.98. The van der Waals surface area contributed by atoms with Gasteiger partial charge < -0.3 is 14.6 Å². The van der Waals surface area contributed by atoms with Crippen molar-refractivity contribution in [1.82, 2.24) is 14.9 Å². The number of nitrogens with one attached hydrogen (secondary N) is 1. The third kappa shape index (κ3) is 3.90. The second-order valence-electron chi connectivity index (χ2n) is 6.34. The number of hydrogen-bond donors (Lipinski definition) is 1. The fourth-order valence-electron chi connectivity index (χ4n) is 3.11. The largest absolute Gasteiger partial charge is 0.472 e. The number of amides is 2. The maximum atomic E-state index is 12.7. The van der Waals surface area contributed by atoms with Crippen LogP contribution in [0.4, 0.5) is 5.13 Å². The number of piperidine rings is 1. The molecular formula is C19H18N4O3S. The molecule has 2 amide bonds. The molecule has 1 fully saturated rings. The van der Waals surface area contributed by atoms with E-state index in [1.807, 2.05) is 23.6 Å². The summed E-state index contributed by atoms with van der Waals surface area (Å²) in [6.07, 6.45) is 6.16. The molecule has 1 aliphatic heterocycles. The molecule has 0 radical (unpaired) electrons. The molecule has 1 atom stereocenters. The van der Waals surface area contributed by atoms with Crippen LogP contribution in [0.5, 0.6) is 0 Å². The molecule has 0 spiro atoms. The van der Waals surface area contributed by atoms with E-state index in [-0.39, 0.29) is 17.7 Å². The summed E-state index contributed by atoms with van der Waals surface area (Å²) in [6.45, 7) is 1.04. The highest BCUT2D eigenvalue weighted by atomic mass is 32.1. The van der Waals surface area contributed by atoms with Crippen molar-refractivity contribution < 1.29 is 14.0 Å². The van der Waals surface area contributed by atoms with Crippen LogP contribution in [0.1, 0.15) is 23.2 Å². The summed E-state index contributed by atoms with van der Waals surface area (Å²) in [4.78, 5) is 35.5. The zero-order valence-corrected chi connectivity index (χ0v) is 15.3. The van der Waals surface area contributed by atoms with Gasteiger partial charge in [0.05, 0.1) is 23.4 Å². The smallest absolute Gasteiger partial charge is 0.257 e. The highest BCUT2D eigenvalue weighted by Gasteiger charge is 2.29. The van der Waals surface area contributed by atoms with Gasteiger partial charge in [0.2, 0.25) is 5.91 Å². The van der Waals surface area contributed by atoms with Crippen molar-refractivity contribution >= 4 is 28.3 Å². The van der Waals surface area contributed by atoms with Crippen molar-refractivity contribution in [2.45, 2.75) is 12.8 Å². The number of carbonyl (C=O) groups excluding carboxylic acids is 2. The molecule has 4 heterocycles. The lowest BCUT2D eigenvalue weighted by Crippen LogP contribution is -2.43. The fourth-order valence-corrected chi connectivity index (χ4v) is 3.82. The number of hydrogen-bond acceptors (Lipinski definition) is 6. The Balaban J connectivity index is 1.39. The second kappa shape index (κ2) is 7.71. The van der Waals surface area contributed by atoms with E-state index < -0.39 is 0 Å². The summed E-state index contributed by atoms with van der Waals surface area (Å²) in [6, 6.07) is 7.26. The van der Waals surface area contributed by atoms with E-state index in [0.29, 0.717) is 23.8 Å². The lowest BCUT2D eigenvalue weighted by molar-refractivity contribution is -0.121. The van der Waals surface area contributed by atoms with Gasteiger partial charge in [0, 0.05) is 24.7 Å². The maximum absolute atomic E-state index is 12.7. The van der Waals surface area contributed by atoms with Gasteiger partial charge >= 0.3 is 0 Å². The number of likely N-dealkylation sites (tertiary alicyclic amines) is 1. The van der Waals surface area contributed by atoms with Gasteiger partial charge in [-0.2, -0.15) is 0 Å². The first-order chi connectivity index (χ1) is 13.2. The van der Waals surface area contributed by atoms with Gasteiger partial charge in [-0.15, -0.1) is 11.3 Å². The molecule has 0 aliphatic carbocycles. The van der Waals surface area contributed by atoms with Crippen LogP contribution >= 0.6 is 11.3 Å². The number of rotatable bonds is 4. The third-order valence-corrected chi connectivity index (χ3v) is 5.27. The van der Waals surface area contributed by atoms with Crippen LogP contribution in [-0.4, -0.2) is 39.8 Å². The Bertz CT molecular complexity index is 924. The first-order valence-electron chi connectivity index (χ1n) is 8.70. The van der Waals surface area contributed by atoms with Crippen LogP contribution in [0.2, 0.25) is 0 Å². The minimum atomic E-state index is -0.253. The number of aromatic nitrogens is 2. The van der Waals surface area contributed by atoms with Gasteiger partial charge in [0.25, 0.3) is 5.91 Å². The Morgan fingerprint density at radius 1 is 1.26 bits per heavy atom. The van der Waals surface area contributed by atoms with Crippen LogP contribution in [0.25, 0.3) is 11.4 Å². The average Bonchev–Trinajstić information content (AvgIpc) is 3.40. The maximum Gasteiger partial charge on any atom is 0.257 e. The van der Waals surface area contributed by atoms with E-state index in [1.54, 1.807) is 17.2 Å². The van der Waals surface area contributed by atoms with Gasteiger partial charge in [-0.1, -0.05) is 6.07 Å². The van der Waals surface area contributed by atoms with Gasteiger partial charge in [0.1, 0.15) is 12.0 Å². The molecule has 1 saturated heterocycles. The summed E-state index contributed by atoms with van der Waals surface area (Å²) >= 11 is 1.37. The molecule has 7 nitrogen and oxygen atoms in total. The van der Waals surface area contributed by atoms with Crippen molar-refractivity contribution in [1.29, 1.82) is 0 Å². The molecule has 27 heavy (non-hydrogen) atoms. The summed E-state index contributed by atoms with van der Waals surface area (Å²) in [5.74, 6) is -0.466. The Labute approximate surface area is 160 Å². The predicted octanol–water partition coefficient (Wildman–Crippen LogP) is 3.29. The van der Waals surface area contributed by atoms with Crippen molar-refractivity contribution in [3.63, 3.8) is 0 Å². The number of furan rings is 1. The van der Waals surface area contributed by atoms with E-state index in [1.165, 1.54) is 23.9 Å². The minimum Gasteiger partial charge on any atom is -0.472 e. The number of thiazole rings is 1. The van der Waals surface area contributed by atoms with Crippen LogP contribution in [0.15, 0.2) is 52.8 Å². The first kappa shape index (κ1) is 17.4. The molecule has 0 saturated carbocycles. The quantitative estimate of drug-likeness (QED) is 0.748. The second-order valence-corrected chi connectivity index (χ2v) is 7.20. The topological polar surface area (TPSA) is 88.3 Å². The summed E-state index contributed by atoms with van der Waals surface area (Å²) in [7, 11) is 0. The minimum absolute atomic E-state index is 0.104. The monoisotopic (exact) mass is 382 g/mol. The summed E-state index contributed by atoms with van der Waals surface area (Å²) in [5, 5.41) is 5.29. The number of anilines is 1. The number of pyridine rings is 1. The molecule has 3 aromatic rings. The van der Waals surface area contributed by atoms with Gasteiger partial charge in [-0.05, 0) is 31.0 Å². The summed E-state index contributed by atoms with van der Waals surface area (Å²) in [5.41, 5.74) is 2.01. The van der Waals surface area contributed by atoms with E-state index in [2.05, 4.69) is 15.3 Å². The van der Waals surface area contributed by atoms with Gasteiger partial charge in [-0.25, -0.2) is 4.98 Å². The van der Waals surface area contributed by atoms with Gasteiger partial charge in [-0.3, -0.25) is 14.6 Å². The predicted molar refractivity (Wildman–Crippen MR) is 101 cm³/mol. The SMILES string of the molecule is O=C(Nc1nc(-c2ccccn2)cs1)C1CCCN(C(=O)c2ccoc2)C1. The Morgan fingerprint density at radius 2 is 2.19 bits per heavy atom. The fraction of sp³-hybridized carbons (Fsp3) is 0.263. The Hall–Kier alpha value is -3.00. The third-order valence-electron chi connectivity index (χ3n) is 4.51. The molecule has 3 aromatic heterocycles. The van der Waals surface area contributed by atoms with Crippen molar-refractivity contribution in [2.24, 2.45) is 5.92 Å². The number of carbonyl (C=O) groups is 2. The lowest BCUT2D eigenvalue weighted by Gasteiger charge is -2.31. The highest BCUT2D eigenvalue weighted by molar-refractivity contribution is 7.14. The van der Waals surface area contributed by atoms with E-state index in [9.17, 15) is 9.59 Å². The molecule has 1 N–H and O–H groups in total. The van der Waals surface area contributed by atoms with E-state index in [0.717, 1.165) is 24.2 Å². The van der Waals surface area contributed by atoms with Crippen LogP contribution in [-0.2, 0) is 4.79 Å². The Kier molecular flexibility index (Phi) is 4.97. The van der Waals surface area contributed by atoms with Gasteiger partial charge in [0.15, 0.2) is 5.13 Å². The normalized spacial score (nSPS) is 16.9. The molecule has 1 unspecified atom stereocenters. The zero-order chi connectivity index (χ0) is 18.6. The molecule has 8 heteroatoms. The van der Waals surface area contributed by atoms with Crippen LogP contribution < -0.4 is 5.32 Å². The standard InChI is InChI=1S/C19H18N4O3S/c24-17(22-19-21-16(12-27-19)15-5-1-2-7-20-15)13-4-3-8-23(10-13)18(25)14-6-9-26-11-14/h1-2,5-7,9,11-13H,3-4,8,10H2,(H,21,22,24). The average molecular weight is 382 g/mol. The molecule has 4 rings (SSSR count). The van der Waals surface area contributed by atoms with E-state index in [4.69, 9.17) is 4.42 Å².